The van der Waals surface area contributed by atoms with Gasteiger partial charge in [0.1, 0.15) is 6.04 Å². The second-order valence-electron chi connectivity index (χ2n) is 7.36. The Morgan fingerprint density at radius 2 is 2.11 bits per heavy atom. The second-order valence-corrected chi connectivity index (χ2v) is 8.29. The van der Waals surface area contributed by atoms with E-state index in [1.54, 1.807) is 16.2 Å². The number of piperidine rings is 1. The lowest BCUT2D eigenvalue weighted by Crippen LogP contribution is -2.55. The molecule has 0 spiro atoms. The van der Waals surface area contributed by atoms with Gasteiger partial charge in [0.25, 0.3) is 0 Å². The highest BCUT2D eigenvalue weighted by Gasteiger charge is 2.37. The van der Waals surface area contributed by atoms with Crippen LogP contribution in [0.4, 0.5) is 4.79 Å². The van der Waals surface area contributed by atoms with E-state index in [2.05, 4.69) is 4.98 Å². The molecule has 2 aliphatic heterocycles. The lowest BCUT2D eigenvalue weighted by molar-refractivity contribution is -0.138. The standard InChI is InChI=1S/C21H25N3O3S/c25-20(23-10-4-8-17(15-23)19-22-9-13-28-19)18(14-16-6-2-1-3-7-16)24-11-5-12-27-21(24)26/h1-3,6-7,9,13,17-18H,4-5,8,10-12,14-15H2/t17-,18-/m0/s1. The monoisotopic (exact) mass is 399 g/mol. The van der Waals surface area contributed by atoms with Gasteiger partial charge in [0.15, 0.2) is 0 Å². The summed E-state index contributed by atoms with van der Waals surface area (Å²) >= 11 is 1.65. The van der Waals surface area contributed by atoms with Crippen LogP contribution in [-0.2, 0) is 16.0 Å². The zero-order valence-electron chi connectivity index (χ0n) is 15.8. The van der Waals surface area contributed by atoms with E-state index < -0.39 is 6.04 Å². The van der Waals surface area contributed by atoms with Gasteiger partial charge in [-0.15, -0.1) is 11.3 Å². The normalized spacial score (nSPS) is 21.3. The molecule has 2 aliphatic rings. The first-order valence-corrected chi connectivity index (χ1v) is 10.8. The number of aromatic nitrogens is 1. The summed E-state index contributed by atoms with van der Waals surface area (Å²) in [5, 5.41) is 3.08. The van der Waals surface area contributed by atoms with E-state index in [1.807, 2.05) is 46.8 Å². The number of carbonyl (C=O) groups is 2. The fourth-order valence-electron chi connectivity index (χ4n) is 4.05. The van der Waals surface area contributed by atoms with Gasteiger partial charge in [-0.25, -0.2) is 9.78 Å². The van der Waals surface area contributed by atoms with Crippen molar-refractivity contribution in [1.82, 2.24) is 14.8 Å². The molecule has 6 nitrogen and oxygen atoms in total. The molecule has 3 heterocycles. The lowest BCUT2D eigenvalue weighted by Gasteiger charge is -2.39. The lowest BCUT2D eigenvalue weighted by atomic mass is 9.96. The first-order valence-electron chi connectivity index (χ1n) is 9.88. The molecule has 2 atom stereocenters. The zero-order chi connectivity index (χ0) is 19.3. The Bertz CT molecular complexity index is 796. The summed E-state index contributed by atoms with van der Waals surface area (Å²) in [6.07, 6.45) is 4.71. The van der Waals surface area contributed by atoms with Crippen LogP contribution in [0.3, 0.4) is 0 Å². The Kier molecular flexibility index (Phi) is 5.90. The van der Waals surface area contributed by atoms with E-state index in [0.717, 1.165) is 36.4 Å². The number of hydrogen-bond acceptors (Lipinski definition) is 5. The van der Waals surface area contributed by atoms with Crippen molar-refractivity contribution in [3.8, 4) is 0 Å². The van der Waals surface area contributed by atoms with Gasteiger partial charge in [-0.3, -0.25) is 9.69 Å². The SMILES string of the molecule is O=C([C@H](Cc1ccccc1)N1CCCOC1=O)N1CCC[C@H](c2nccs2)C1. The molecule has 1 aromatic heterocycles. The average molecular weight is 400 g/mol. The highest BCUT2D eigenvalue weighted by atomic mass is 32.1. The number of hydrogen-bond donors (Lipinski definition) is 0. The third-order valence-corrected chi connectivity index (χ3v) is 6.41. The van der Waals surface area contributed by atoms with Crippen LogP contribution >= 0.6 is 11.3 Å². The first-order chi connectivity index (χ1) is 13.7. The molecular formula is C21H25N3O3S. The van der Waals surface area contributed by atoms with Crippen LogP contribution in [0.5, 0.6) is 0 Å². The summed E-state index contributed by atoms with van der Waals surface area (Å²) in [5.74, 6) is 0.298. The van der Waals surface area contributed by atoms with E-state index >= 15 is 0 Å². The number of rotatable bonds is 5. The highest BCUT2D eigenvalue weighted by molar-refractivity contribution is 7.09. The number of thiazole rings is 1. The number of carbonyl (C=O) groups excluding carboxylic acids is 2. The van der Waals surface area contributed by atoms with E-state index in [9.17, 15) is 9.59 Å². The molecule has 0 bridgehead atoms. The van der Waals surface area contributed by atoms with Crippen LogP contribution < -0.4 is 0 Å². The quantitative estimate of drug-likeness (QED) is 0.774. The van der Waals surface area contributed by atoms with Crippen molar-refractivity contribution >= 4 is 23.3 Å². The maximum absolute atomic E-state index is 13.5. The van der Waals surface area contributed by atoms with Crippen LogP contribution in [0.1, 0.15) is 35.8 Å². The number of likely N-dealkylation sites (tertiary alicyclic amines) is 1. The molecule has 0 N–H and O–H groups in total. The molecule has 0 aliphatic carbocycles. The maximum Gasteiger partial charge on any atom is 0.410 e. The average Bonchev–Trinajstić information content (AvgIpc) is 3.28. The summed E-state index contributed by atoms with van der Waals surface area (Å²) < 4.78 is 5.23. The fraction of sp³-hybridized carbons (Fsp3) is 0.476. The minimum atomic E-state index is -0.523. The van der Waals surface area contributed by atoms with Gasteiger partial charge >= 0.3 is 6.09 Å². The Balaban J connectivity index is 1.54. The Morgan fingerprint density at radius 3 is 2.86 bits per heavy atom. The number of cyclic esters (lactones) is 1. The van der Waals surface area contributed by atoms with Crippen LogP contribution in [0.2, 0.25) is 0 Å². The van der Waals surface area contributed by atoms with E-state index in [4.69, 9.17) is 4.74 Å². The topological polar surface area (TPSA) is 62.7 Å². The first kappa shape index (κ1) is 18.9. The van der Waals surface area contributed by atoms with Gasteiger partial charge in [0.05, 0.1) is 11.6 Å². The second kappa shape index (κ2) is 8.73. The Morgan fingerprint density at radius 1 is 1.25 bits per heavy atom. The van der Waals surface area contributed by atoms with Crippen molar-refractivity contribution < 1.29 is 14.3 Å². The fourth-order valence-corrected chi connectivity index (χ4v) is 4.81. The van der Waals surface area contributed by atoms with Crippen LogP contribution in [-0.4, -0.2) is 59.1 Å². The van der Waals surface area contributed by atoms with Crippen molar-refractivity contribution in [3.05, 3.63) is 52.5 Å². The molecule has 28 heavy (non-hydrogen) atoms. The molecule has 2 aromatic rings. The van der Waals surface area contributed by atoms with Crippen LogP contribution in [0.15, 0.2) is 41.9 Å². The van der Waals surface area contributed by atoms with Crippen molar-refractivity contribution in [2.75, 3.05) is 26.2 Å². The minimum absolute atomic E-state index is 0.0176. The Labute approximate surface area is 169 Å². The van der Waals surface area contributed by atoms with Gasteiger partial charge in [0.2, 0.25) is 5.91 Å². The number of benzene rings is 1. The van der Waals surface area contributed by atoms with Crippen molar-refractivity contribution in [2.45, 2.75) is 37.6 Å². The highest BCUT2D eigenvalue weighted by Crippen LogP contribution is 2.29. The van der Waals surface area contributed by atoms with Crippen LogP contribution in [0.25, 0.3) is 0 Å². The molecule has 4 rings (SSSR count). The molecule has 0 unspecified atom stereocenters. The molecular weight excluding hydrogens is 374 g/mol. The van der Waals surface area contributed by atoms with Crippen molar-refractivity contribution in [3.63, 3.8) is 0 Å². The number of nitrogens with zero attached hydrogens (tertiary/aromatic N) is 3. The zero-order valence-corrected chi connectivity index (χ0v) is 16.6. The maximum atomic E-state index is 13.5. The number of ether oxygens (including phenoxy) is 1. The summed E-state index contributed by atoms with van der Waals surface area (Å²) in [6.45, 7) is 2.39. The number of amides is 2. The van der Waals surface area contributed by atoms with E-state index in [1.165, 1.54) is 0 Å². The minimum Gasteiger partial charge on any atom is -0.449 e. The predicted octanol–water partition coefficient (Wildman–Crippen LogP) is 3.30. The summed E-state index contributed by atoms with van der Waals surface area (Å²) in [5.41, 5.74) is 1.05. The van der Waals surface area contributed by atoms with Crippen LogP contribution in [0, 0.1) is 0 Å². The largest absolute Gasteiger partial charge is 0.449 e. The van der Waals surface area contributed by atoms with Crippen molar-refractivity contribution in [2.24, 2.45) is 0 Å². The molecule has 7 heteroatoms. The van der Waals surface area contributed by atoms with Crippen molar-refractivity contribution in [1.29, 1.82) is 0 Å². The predicted molar refractivity (Wildman–Crippen MR) is 107 cm³/mol. The van der Waals surface area contributed by atoms with Gasteiger partial charge in [0, 0.05) is 43.5 Å². The molecule has 0 radical (unpaired) electrons. The summed E-state index contributed by atoms with van der Waals surface area (Å²) in [7, 11) is 0. The molecule has 2 amide bonds. The van der Waals surface area contributed by atoms with E-state index in [0.29, 0.717) is 26.1 Å². The molecule has 148 valence electrons. The summed E-state index contributed by atoms with van der Waals surface area (Å²) in [6, 6.07) is 9.37. The van der Waals surface area contributed by atoms with Gasteiger partial charge in [-0.05, 0) is 24.8 Å². The molecule has 2 fully saturated rings. The van der Waals surface area contributed by atoms with Gasteiger partial charge in [-0.1, -0.05) is 30.3 Å². The third-order valence-electron chi connectivity index (χ3n) is 5.47. The Hall–Kier alpha value is -2.41. The summed E-state index contributed by atoms with van der Waals surface area (Å²) in [4.78, 5) is 33.9. The third kappa shape index (κ3) is 4.19. The van der Waals surface area contributed by atoms with Gasteiger partial charge in [-0.2, -0.15) is 0 Å². The smallest absolute Gasteiger partial charge is 0.410 e. The van der Waals surface area contributed by atoms with E-state index in [-0.39, 0.29) is 17.9 Å². The van der Waals surface area contributed by atoms with Gasteiger partial charge < -0.3 is 9.64 Å². The molecule has 0 saturated carbocycles. The molecule has 1 aromatic carbocycles. The molecule has 2 saturated heterocycles.